The van der Waals surface area contributed by atoms with Crippen LogP contribution in [0.25, 0.3) is 0 Å². The highest BCUT2D eigenvalue weighted by molar-refractivity contribution is 7.89. The van der Waals surface area contributed by atoms with E-state index in [0.29, 0.717) is 36.4 Å². The molecule has 1 saturated heterocycles. The molecule has 0 atom stereocenters. The monoisotopic (exact) mass is 397 g/mol. The molecule has 7 heteroatoms. The highest BCUT2D eigenvalue weighted by Crippen LogP contribution is 2.23. The van der Waals surface area contributed by atoms with Crippen molar-refractivity contribution in [2.45, 2.75) is 37.6 Å². The number of anilines is 1. The van der Waals surface area contributed by atoms with Crippen LogP contribution in [0.4, 0.5) is 5.69 Å². The minimum absolute atomic E-state index is 0.103. The number of carbonyl (C=O) groups is 1. The SMILES string of the molecule is CC(=O)c1ccc(C#N)cc1NCc1cccc(S(=O)(=O)N2CCCCC2)c1. The Morgan fingerprint density at radius 3 is 2.57 bits per heavy atom. The molecule has 1 heterocycles. The topological polar surface area (TPSA) is 90.3 Å². The van der Waals surface area contributed by atoms with Crippen LogP contribution in [0.15, 0.2) is 47.4 Å². The standard InChI is InChI=1S/C21H23N3O3S/c1-16(25)20-9-8-17(14-22)13-21(20)23-15-18-6-5-7-19(12-18)28(26,27)24-10-3-2-4-11-24/h5-9,12-13,23H,2-4,10-11,15H2,1H3. The summed E-state index contributed by atoms with van der Waals surface area (Å²) < 4.78 is 27.3. The fourth-order valence-corrected chi connectivity index (χ4v) is 4.92. The summed E-state index contributed by atoms with van der Waals surface area (Å²) in [5.74, 6) is -0.103. The maximum absolute atomic E-state index is 12.9. The van der Waals surface area contributed by atoms with E-state index in [2.05, 4.69) is 11.4 Å². The summed E-state index contributed by atoms with van der Waals surface area (Å²) in [6.07, 6.45) is 2.85. The minimum atomic E-state index is -3.49. The minimum Gasteiger partial charge on any atom is -0.380 e. The number of piperidine rings is 1. The Morgan fingerprint density at radius 2 is 1.89 bits per heavy atom. The van der Waals surface area contributed by atoms with E-state index in [1.807, 2.05) is 6.07 Å². The lowest BCUT2D eigenvalue weighted by molar-refractivity contribution is 0.101. The fourth-order valence-electron chi connectivity index (χ4n) is 3.33. The first kappa shape index (κ1) is 20.1. The average molecular weight is 398 g/mol. The Bertz CT molecular complexity index is 1020. The zero-order valence-electron chi connectivity index (χ0n) is 15.8. The molecular weight excluding hydrogens is 374 g/mol. The molecule has 1 N–H and O–H groups in total. The lowest BCUT2D eigenvalue weighted by atomic mass is 10.1. The van der Waals surface area contributed by atoms with E-state index < -0.39 is 10.0 Å². The number of nitriles is 1. The Labute approximate surface area is 165 Å². The zero-order chi connectivity index (χ0) is 20.1. The lowest BCUT2D eigenvalue weighted by Gasteiger charge is -2.26. The summed E-state index contributed by atoms with van der Waals surface area (Å²) in [5, 5.41) is 12.3. The second kappa shape index (κ2) is 8.55. The van der Waals surface area contributed by atoms with E-state index in [0.717, 1.165) is 24.8 Å². The zero-order valence-corrected chi connectivity index (χ0v) is 16.6. The van der Waals surface area contributed by atoms with Gasteiger partial charge in [-0.3, -0.25) is 4.79 Å². The summed E-state index contributed by atoms with van der Waals surface area (Å²) in [6, 6.07) is 13.8. The molecule has 146 valence electrons. The number of ketones is 1. The van der Waals surface area contributed by atoms with Gasteiger partial charge in [-0.15, -0.1) is 0 Å². The van der Waals surface area contributed by atoms with E-state index in [9.17, 15) is 13.2 Å². The van der Waals surface area contributed by atoms with Crippen LogP contribution in [0.2, 0.25) is 0 Å². The van der Waals surface area contributed by atoms with Gasteiger partial charge in [-0.25, -0.2) is 8.42 Å². The van der Waals surface area contributed by atoms with Crippen LogP contribution in [0.3, 0.4) is 0 Å². The summed E-state index contributed by atoms with van der Waals surface area (Å²) in [4.78, 5) is 12.1. The molecule has 28 heavy (non-hydrogen) atoms. The second-order valence-corrected chi connectivity index (χ2v) is 8.83. The molecule has 0 amide bonds. The number of sulfonamides is 1. The Balaban J connectivity index is 1.81. The third kappa shape index (κ3) is 4.41. The smallest absolute Gasteiger partial charge is 0.243 e. The molecule has 1 aliphatic rings. The summed E-state index contributed by atoms with van der Waals surface area (Å²) >= 11 is 0. The van der Waals surface area contributed by atoms with Crippen molar-refractivity contribution in [3.63, 3.8) is 0 Å². The number of nitrogens with one attached hydrogen (secondary N) is 1. The molecule has 0 spiro atoms. The first-order valence-corrected chi connectivity index (χ1v) is 10.7. The van der Waals surface area contributed by atoms with Gasteiger partial charge in [0.1, 0.15) is 0 Å². The molecule has 0 unspecified atom stereocenters. The predicted molar refractivity (Wildman–Crippen MR) is 108 cm³/mol. The molecule has 1 aliphatic heterocycles. The van der Waals surface area contributed by atoms with Crippen molar-refractivity contribution in [2.24, 2.45) is 0 Å². The number of benzene rings is 2. The molecular formula is C21H23N3O3S. The van der Waals surface area contributed by atoms with Gasteiger partial charge in [-0.05, 0) is 55.7 Å². The largest absolute Gasteiger partial charge is 0.380 e. The molecule has 0 aromatic heterocycles. The lowest BCUT2D eigenvalue weighted by Crippen LogP contribution is -2.35. The van der Waals surface area contributed by atoms with Gasteiger partial charge < -0.3 is 5.32 Å². The molecule has 0 radical (unpaired) electrons. The van der Waals surface area contributed by atoms with Gasteiger partial charge in [-0.2, -0.15) is 9.57 Å². The summed E-state index contributed by atoms with van der Waals surface area (Å²) in [7, 11) is -3.49. The molecule has 2 aromatic rings. The molecule has 3 rings (SSSR count). The van der Waals surface area contributed by atoms with Crippen LogP contribution < -0.4 is 5.32 Å². The first-order valence-electron chi connectivity index (χ1n) is 9.30. The Kier molecular flexibility index (Phi) is 6.12. The molecule has 2 aromatic carbocycles. The van der Waals surface area contributed by atoms with Gasteiger partial charge in [0.05, 0.1) is 16.5 Å². The summed E-state index contributed by atoms with van der Waals surface area (Å²) in [5.41, 5.74) is 2.30. The van der Waals surface area contributed by atoms with Crippen molar-refractivity contribution in [3.05, 3.63) is 59.2 Å². The van der Waals surface area contributed by atoms with Gasteiger partial charge in [0, 0.05) is 30.9 Å². The maximum Gasteiger partial charge on any atom is 0.243 e. The van der Waals surface area contributed by atoms with Crippen LogP contribution in [0.5, 0.6) is 0 Å². The van der Waals surface area contributed by atoms with Crippen LogP contribution in [0, 0.1) is 11.3 Å². The van der Waals surface area contributed by atoms with Crippen LogP contribution in [0.1, 0.15) is 47.7 Å². The predicted octanol–water partition coefficient (Wildman–Crippen LogP) is 3.55. The maximum atomic E-state index is 12.9. The third-order valence-corrected chi connectivity index (χ3v) is 6.76. The van der Waals surface area contributed by atoms with E-state index in [1.165, 1.54) is 6.92 Å². The van der Waals surface area contributed by atoms with Crippen LogP contribution in [-0.2, 0) is 16.6 Å². The molecule has 0 aliphatic carbocycles. The van der Waals surface area contributed by atoms with Crippen molar-refractivity contribution in [1.82, 2.24) is 4.31 Å². The normalized spacial score (nSPS) is 15.0. The molecule has 0 bridgehead atoms. The van der Waals surface area contributed by atoms with Gasteiger partial charge >= 0.3 is 0 Å². The number of Topliss-reactive ketones (excluding diaryl/α,β-unsaturated/α-hetero) is 1. The third-order valence-electron chi connectivity index (χ3n) is 4.86. The number of carbonyl (C=O) groups excluding carboxylic acids is 1. The molecule has 1 fully saturated rings. The van der Waals surface area contributed by atoms with Gasteiger partial charge in [0.15, 0.2) is 5.78 Å². The van der Waals surface area contributed by atoms with Gasteiger partial charge in [0.25, 0.3) is 0 Å². The number of rotatable bonds is 6. The van der Waals surface area contributed by atoms with E-state index >= 15 is 0 Å². The highest BCUT2D eigenvalue weighted by atomic mass is 32.2. The molecule has 6 nitrogen and oxygen atoms in total. The second-order valence-electron chi connectivity index (χ2n) is 6.89. The van der Waals surface area contributed by atoms with Crippen LogP contribution >= 0.6 is 0 Å². The number of hydrogen-bond acceptors (Lipinski definition) is 5. The van der Waals surface area contributed by atoms with E-state index in [4.69, 9.17) is 5.26 Å². The van der Waals surface area contributed by atoms with Gasteiger partial charge in [0.2, 0.25) is 10.0 Å². The Hall–Kier alpha value is -2.69. The fraction of sp³-hybridized carbons (Fsp3) is 0.333. The number of nitrogens with zero attached hydrogens (tertiary/aromatic N) is 2. The van der Waals surface area contributed by atoms with Crippen molar-refractivity contribution < 1.29 is 13.2 Å². The van der Waals surface area contributed by atoms with E-state index in [1.54, 1.807) is 40.7 Å². The summed E-state index contributed by atoms with van der Waals surface area (Å²) in [6.45, 7) is 2.94. The highest BCUT2D eigenvalue weighted by Gasteiger charge is 2.25. The molecule has 0 saturated carbocycles. The van der Waals surface area contributed by atoms with Gasteiger partial charge in [-0.1, -0.05) is 18.6 Å². The van der Waals surface area contributed by atoms with E-state index in [-0.39, 0.29) is 10.7 Å². The van der Waals surface area contributed by atoms with Crippen LogP contribution in [-0.4, -0.2) is 31.6 Å². The van der Waals surface area contributed by atoms with Crippen molar-refractivity contribution in [3.8, 4) is 6.07 Å². The Morgan fingerprint density at radius 1 is 1.14 bits per heavy atom. The average Bonchev–Trinajstić information content (AvgIpc) is 2.72. The van der Waals surface area contributed by atoms with Crippen molar-refractivity contribution in [2.75, 3.05) is 18.4 Å². The quantitative estimate of drug-likeness (QED) is 0.753. The van der Waals surface area contributed by atoms with Crippen molar-refractivity contribution >= 4 is 21.5 Å². The first-order chi connectivity index (χ1) is 13.4. The number of hydrogen-bond donors (Lipinski definition) is 1. The van der Waals surface area contributed by atoms with Crippen molar-refractivity contribution in [1.29, 1.82) is 5.26 Å².